The first kappa shape index (κ1) is 15.2. The van der Waals surface area contributed by atoms with Gasteiger partial charge in [-0.1, -0.05) is 24.3 Å². The second kappa shape index (κ2) is 6.99. The number of pyridine rings is 1. The number of carbonyl (C=O) groups is 2. The number of hydrogen-bond acceptors (Lipinski definition) is 3. The van der Waals surface area contributed by atoms with Crippen LogP contribution in [0.2, 0.25) is 0 Å². The molecule has 2 amide bonds. The van der Waals surface area contributed by atoms with Gasteiger partial charge in [-0.05, 0) is 41.5 Å². The molecule has 0 fully saturated rings. The van der Waals surface area contributed by atoms with Crippen molar-refractivity contribution in [2.45, 2.75) is 0 Å². The van der Waals surface area contributed by atoms with Crippen LogP contribution < -0.4 is 11.5 Å². The molecule has 2 aromatic rings. The van der Waals surface area contributed by atoms with Crippen molar-refractivity contribution in [1.82, 2.24) is 4.98 Å². The highest BCUT2D eigenvalue weighted by Crippen LogP contribution is 2.10. The molecule has 0 radical (unpaired) electrons. The normalized spacial score (nSPS) is 11.1. The highest BCUT2D eigenvalue weighted by atomic mass is 16.1. The molecule has 1 aromatic carbocycles. The van der Waals surface area contributed by atoms with E-state index in [4.69, 9.17) is 11.5 Å². The van der Waals surface area contributed by atoms with Gasteiger partial charge in [0.1, 0.15) is 0 Å². The van der Waals surface area contributed by atoms with Crippen LogP contribution in [0.1, 0.15) is 27.2 Å². The molecule has 2 rings (SSSR count). The minimum atomic E-state index is -0.502. The first-order valence-electron chi connectivity index (χ1n) is 6.56. The topological polar surface area (TPSA) is 99.1 Å². The third kappa shape index (κ3) is 4.42. The van der Waals surface area contributed by atoms with Gasteiger partial charge in [-0.25, -0.2) is 0 Å². The van der Waals surface area contributed by atoms with Gasteiger partial charge in [-0.15, -0.1) is 0 Å². The minimum absolute atomic E-state index is 0.459. The summed E-state index contributed by atoms with van der Waals surface area (Å²) in [7, 11) is 0. The van der Waals surface area contributed by atoms with E-state index in [9.17, 15) is 9.59 Å². The average Bonchev–Trinajstić information content (AvgIpc) is 2.52. The molecule has 22 heavy (non-hydrogen) atoms. The van der Waals surface area contributed by atoms with Crippen LogP contribution in [-0.4, -0.2) is 16.8 Å². The van der Waals surface area contributed by atoms with Gasteiger partial charge in [0.15, 0.2) is 0 Å². The summed E-state index contributed by atoms with van der Waals surface area (Å²) in [4.78, 5) is 26.0. The number of benzene rings is 1. The fourth-order valence-electron chi connectivity index (χ4n) is 1.77. The Morgan fingerprint density at radius 1 is 0.955 bits per heavy atom. The molecule has 0 atom stereocenters. The fraction of sp³-hybridized carbons (Fsp3) is 0. The van der Waals surface area contributed by atoms with Crippen LogP contribution in [0, 0.1) is 0 Å². The highest BCUT2D eigenvalue weighted by Gasteiger charge is 1.99. The number of nitrogens with zero attached hydrogens (tertiary/aromatic N) is 1. The van der Waals surface area contributed by atoms with Crippen LogP contribution >= 0.6 is 0 Å². The van der Waals surface area contributed by atoms with Crippen LogP contribution in [0.15, 0.2) is 48.7 Å². The number of rotatable bonds is 5. The smallest absolute Gasteiger partial charge is 0.248 e. The van der Waals surface area contributed by atoms with E-state index in [1.807, 2.05) is 30.4 Å². The van der Waals surface area contributed by atoms with Crippen molar-refractivity contribution < 1.29 is 9.59 Å². The second-order valence-corrected chi connectivity index (χ2v) is 4.58. The van der Waals surface area contributed by atoms with Crippen LogP contribution in [0.3, 0.4) is 0 Å². The van der Waals surface area contributed by atoms with Crippen LogP contribution in [0.5, 0.6) is 0 Å². The molecule has 0 aliphatic carbocycles. The average molecular weight is 293 g/mol. The van der Waals surface area contributed by atoms with Gasteiger partial charge in [-0.2, -0.15) is 0 Å². The number of primary amides is 2. The first-order chi connectivity index (χ1) is 10.5. The van der Waals surface area contributed by atoms with Crippen molar-refractivity contribution in [3.8, 4) is 0 Å². The van der Waals surface area contributed by atoms with Crippen LogP contribution in [-0.2, 0) is 4.79 Å². The molecule has 0 aliphatic heterocycles. The monoisotopic (exact) mass is 293 g/mol. The van der Waals surface area contributed by atoms with E-state index < -0.39 is 11.8 Å². The molecule has 0 bridgehead atoms. The Morgan fingerprint density at radius 2 is 1.77 bits per heavy atom. The SMILES string of the molecule is NC(=O)/C=C/c1ccc(/C=C/c2cccc(C(N)=O)c2)nc1. The lowest BCUT2D eigenvalue weighted by Gasteiger charge is -1.98. The van der Waals surface area contributed by atoms with E-state index in [0.29, 0.717) is 5.56 Å². The minimum Gasteiger partial charge on any atom is -0.366 e. The summed E-state index contributed by atoms with van der Waals surface area (Å²) in [6, 6.07) is 10.7. The lowest BCUT2D eigenvalue weighted by molar-refractivity contribution is -0.113. The summed E-state index contributed by atoms with van der Waals surface area (Å²) >= 11 is 0. The molecule has 0 spiro atoms. The second-order valence-electron chi connectivity index (χ2n) is 4.58. The molecule has 110 valence electrons. The largest absolute Gasteiger partial charge is 0.366 e. The third-order valence-electron chi connectivity index (χ3n) is 2.87. The molecular weight excluding hydrogens is 278 g/mol. The van der Waals surface area contributed by atoms with Gasteiger partial charge in [0.2, 0.25) is 11.8 Å². The van der Waals surface area contributed by atoms with Gasteiger partial charge in [0.05, 0.1) is 5.69 Å². The number of hydrogen-bond donors (Lipinski definition) is 2. The molecule has 0 saturated carbocycles. The third-order valence-corrected chi connectivity index (χ3v) is 2.87. The Bertz CT molecular complexity index is 747. The van der Waals surface area contributed by atoms with Crippen molar-refractivity contribution in [1.29, 1.82) is 0 Å². The number of carbonyl (C=O) groups excluding carboxylic acids is 2. The lowest BCUT2D eigenvalue weighted by Crippen LogP contribution is -2.10. The molecule has 0 saturated heterocycles. The molecule has 5 heteroatoms. The van der Waals surface area contributed by atoms with Crippen molar-refractivity contribution in [3.63, 3.8) is 0 Å². The lowest BCUT2D eigenvalue weighted by atomic mass is 10.1. The quantitative estimate of drug-likeness (QED) is 0.823. The Labute approximate surface area is 128 Å². The summed E-state index contributed by atoms with van der Waals surface area (Å²) in [6.07, 6.45) is 8.18. The fourth-order valence-corrected chi connectivity index (χ4v) is 1.77. The van der Waals surface area contributed by atoms with E-state index in [0.717, 1.165) is 16.8 Å². The summed E-state index contributed by atoms with van der Waals surface area (Å²) in [5.41, 5.74) is 13.1. The molecule has 4 N–H and O–H groups in total. The van der Waals surface area contributed by atoms with E-state index in [-0.39, 0.29) is 0 Å². The van der Waals surface area contributed by atoms with Crippen molar-refractivity contribution in [2.75, 3.05) is 0 Å². The number of nitrogens with two attached hydrogens (primary N) is 2. The van der Waals surface area contributed by atoms with E-state index in [2.05, 4.69) is 4.98 Å². The zero-order valence-corrected chi connectivity index (χ0v) is 11.8. The van der Waals surface area contributed by atoms with Crippen molar-refractivity contribution >= 4 is 30.0 Å². The molecule has 1 heterocycles. The Hall–Kier alpha value is -3.21. The molecule has 5 nitrogen and oxygen atoms in total. The maximum atomic E-state index is 11.1. The van der Waals surface area contributed by atoms with Gasteiger partial charge < -0.3 is 11.5 Å². The highest BCUT2D eigenvalue weighted by molar-refractivity contribution is 5.93. The maximum Gasteiger partial charge on any atom is 0.248 e. The summed E-state index contributed by atoms with van der Waals surface area (Å²) < 4.78 is 0. The van der Waals surface area contributed by atoms with E-state index >= 15 is 0 Å². The van der Waals surface area contributed by atoms with Crippen molar-refractivity contribution in [3.05, 3.63) is 71.1 Å². The first-order valence-corrected chi connectivity index (χ1v) is 6.56. The summed E-state index contributed by atoms with van der Waals surface area (Å²) in [5.74, 6) is -0.961. The molecule has 1 aromatic heterocycles. The maximum absolute atomic E-state index is 11.1. The molecule has 0 aliphatic rings. The molecule has 0 unspecified atom stereocenters. The zero-order valence-electron chi connectivity index (χ0n) is 11.8. The van der Waals surface area contributed by atoms with Crippen LogP contribution in [0.25, 0.3) is 18.2 Å². The van der Waals surface area contributed by atoms with E-state index in [1.165, 1.54) is 6.08 Å². The van der Waals surface area contributed by atoms with Gasteiger partial charge in [-0.3, -0.25) is 14.6 Å². The van der Waals surface area contributed by atoms with Crippen LogP contribution in [0.4, 0.5) is 0 Å². The standard InChI is InChI=1S/C17H15N3O2/c18-16(21)9-6-13-5-8-15(20-11-13)7-4-12-2-1-3-14(10-12)17(19)22/h1-11H,(H2,18,21)(H2,19,22)/b7-4+,9-6+. The number of amides is 2. The van der Waals surface area contributed by atoms with Gasteiger partial charge in [0, 0.05) is 17.8 Å². The van der Waals surface area contributed by atoms with Crippen molar-refractivity contribution in [2.24, 2.45) is 11.5 Å². The number of aromatic nitrogens is 1. The van der Waals surface area contributed by atoms with Gasteiger partial charge in [0.25, 0.3) is 0 Å². The summed E-state index contributed by atoms with van der Waals surface area (Å²) in [5, 5.41) is 0. The predicted molar refractivity (Wildman–Crippen MR) is 86.4 cm³/mol. The molecular formula is C17H15N3O2. The summed E-state index contributed by atoms with van der Waals surface area (Å²) in [6.45, 7) is 0. The van der Waals surface area contributed by atoms with Gasteiger partial charge >= 0.3 is 0 Å². The Balaban J connectivity index is 2.12. The predicted octanol–water partition coefficient (Wildman–Crippen LogP) is 1.85. The Kier molecular flexibility index (Phi) is 4.82. The van der Waals surface area contributed by atoms with E-state index in [1.54, 1.807) is 30.5 Å². The zero-order chi connectivity index (χ0) is 15.9. The Morgan fingerprint density at radius 3 is 2.41 bits per heavy atom.